The van der Waals surface area contributed by atoms with Gasteiger partial charge in [-0.25, -0.2) is 26.3 Å². The number of hydrogen-bond donors (Lipinski definition) is 0. The van der Waals surface area contributed by atoms with Crippen LogP contribution in [0.2, 0.25) is 0 Å². The lowest BCUT2D eigenvalue weighted by Crippen LogP contribution is -2.25. The van der Waals surface area contributed by atoms with Gasteiger partial charge in [-0.15, -0.1) is 0 Å². The summed E-state index contributed by atoms with van der Waals surface area (Å²) in [6, 6.07) is 10.9. The molecule has 0 bridgehead atoms. The fourth-order valence-corrected chi connectivity index (χ4v) is 3.74. The Kier molecular flexibility index (Phi) is 8.86. The fourth-order valence-electron chi connectivity index (χ4n) is 3.74. The van der Waals surface area contributed by atoms with Crippen LogP contribution in [-0.2, 0) is 6.11 Å². The monoisotopic (exact) mass is 576 g/mol. The summed E-state index contributed by atoms with van der Waals surface area (Å²) in [7, 11) is 0. The van der Waals surface area contributed by atoms with Gasteiger partial charge in [-0.2, -0.15) is 8.78 Å². The zero-order chi connectivity index (χ0) is 29.7. The van der Waals surface area contributed by atoms with Gasteiger partial charge < -0.3 is 9.47 Å². The van der Waals surface area contributed by atoms with Gasteiger partial charge in [0.05, 0.1) is 6.61 Å². The van der Waals surface area contributed by atoms with Crippen molar-refractivity contribution in [3.63, 3.8) is 0 Å². The molecule has 2 nitrogen and oxygen atoms in total. The maximum atomic E-state index is 14.8. The SMILES string of the molecule is CCCCOc1ccc(C#Cc2cc(F)c(C(F)(F)Oc3ccc(-c4cc(F)c(F)c(F)c4)c(F)c3)c(F)c2)cc1. The molecule has 0 aliphatic carbocycles. The van der Waals surface area contributed by atoms with Crippen molar-refractivity contribution in [3.05, 3.63) is 118 Å². The minimum absolute atomic E-state index is 0.225. The van der Waals surface area contributed by atoms with E-state index in [1.807, 2.05) is 6.92 Å². The van der Waals surface area contributed by atoms with E-state index < -0.39 is 63.5 Å². The molecule has 0 aliphatic heterocycles. The van der Waals surface area contributed by atoms with Crippen LogP contribution in [0.3, 0.4) is 0 Å². The van der Waals surface area contributed by atoms with E-state index in [9.17, 15) is 35.1 Å². The zero-order valence-corrected chi connectivity index (χ0v) is 21.3. The molecule has 0 aliphatic rings. The van der Waals surface area contributed by atoms with E-state index in [-0.39, 0.29) is 5.56 Å². The molecule has 0 radical (unpaired) electrons. The molecule has 0 saturated carbocycles. The van der Waals surface area contributed by atoms with Crippen molar-refractivity contribution in [3.8, 4) is 34.5 Å². The quantitative estimate of drug-likeness (QED) is 0.0903. The van der Waals surface area contributed by atoms with Crippen LogP contribution in [0.4, 0.5) is 35.1 Å². The van der Waals surface area contributed by atoms with Crippen molar-refractivity contribution in [1.82, 2.24) is 0 Å². The maximum Gasteiger partial charge on any atom is 0.432 e. The Bertz CT molecular complexity index is 1580. The molecular weight excluding hydrogens is 556 g/mol. The van der Waals surface area contributed by atoms with E-state index in [0.717, 1.165) is 25.0 Å². The first kappa shape index (κ1) is 29.5. The predicted molar refractivity (Wildman–Crippen MR) is 135 cm³/mol. The van der Waals surface area contributed by atoms with Crippen LogP contribution in [0.15, 0.2) is 66.7 Å². The third-order valence-electron chi connectivity index (χ3n) is 5.79. The van der Waals surface area contributed by atoms with Gasteiger partial charge in [0.25, 0.3) is 0 Å². The summed E-state index contributed by atoms with van der Waals surface area (Å²) >= 11 is 0. The number of alkyl halides is 2. The van der Waals surface area contributed by atoms with Crippen LogP contribution in [0.5, 0.6) is 11.5 Å². The number of benzene rings is 4. The van der Waals surface area contributed by atoms with Gasteiger partial charge in [0.1, 0.15) is 34.5 Å². The molecule has 4 rings (SSSR count). The highest BCUT2D eigenvalue weighted by Crippen LogP contribution is 2.37. The first-order chi connectivity index (χ1) is 19.5. The Morgan fingerprint density at radius 3 is 1.83 bits per heavy atom. The molecule has 212 valence electrons. The first-order valence-corrected chi connectivity index (χ1v) is 12.2. The van der Waals surface area contributed by atoms with Crippen LogP contribution in [-0.4, -0.2) is 6.61 Å². The van der Waals surface area contributed by atoms with E-state index in [2.05, 4.69) is 16.6 Å². The van der Waals surface area contributed by atoms with Crippen LogP contribution in [0.25, 0.3) is 11.1 Å². The third kappa shape index (κ3) is 6.98. The van der Waals surface area contributed by atoms with Crippen molar-refractivity contribution >= 4 is 0 Å². The Labute approximate surface area is 230 Å². The van der Waals surface area contributed by atoms with E-state index in [1.165, 1.54) is 0 Å². The molecule has 0 spiro atoms. The maximum absolute atomic E-state index is 14.8. The molecule has 0 aromatic heterocycles. The molecule has 0 amide bonds. The van der Waals surface area contributed by atoms with E-state index >= 15 is 0 Å². The molecule has 4 aromatic rings. The van der Waals surface area contributed by atoms with Crippen molar-refractivity contribution in [2.75, 3.05) is 6.61 Å². The number of unbranched alkanes of at least 4 members (excludes halogenated alkanes) is 1. The Morgan fingerprint density at radius 1 is 0.659 bits per heavy atom. The van der Waals surface area contributed by atoms with Gasteiger partial charge in [0.15, 0.2) is 17.5 Å². The van der Waals surface area contributed by atoms with Gasteiger partial charge in [-0.1, -0.05) is 25.2 Å². The smallest absolute Gasteiger partial charge is 0.432 e. The molecular formula is C31H20F8O2. The summed E-state index contributed by atoms with van der Waals surface area (Å²) in [6.45, 7) is 2.58. The summed E-state index contributed by atoms with van der Waals surface area (Å²) in [5.41, 5.74) is -2.34. The Morgan fingerprint density at radius 2 is 1.24 bits per heavy atom. The number of halogens is 8. The normalized spacial score (nSPS) is 11.1. The number of hydrogen-bond acceptors (Lipinski definition) is 2. The van der Waals surface area contributed by atoms with Crippen molar-refractivity contribution in [1.29, 1.82) is 0 Å². The van der Waals surface area contributed by atoms with Gasteiger partial charge in [0.2, 0.25) is 0 Å². The second-order valence-corrected chi connectivity index (χ2v) is 8.81. The lowest BCUT2D eigenvalue weighted by Gasteiger charge is -2.20. The number of ether oxygens (including phenoxy) is 2. The van der Waals surface area contributed by atoms with Crippen LogP contribution in [0, 0.1) is 46.7 Å². The largest absolute Gasteiger partial charge is 0.494 e. The topological polar surface area (TPSA) is 18.5 Å². The predicted octanol–water partition coefficient (Wildman–Crippen LogP) is 8.90. The minimum atomic E-state index is -4.59. The molecule has 0 saturated heterocycles. The molecule has 0 fully saturated rings. The van der Waals surface area contributed by atoms with Crippen molar-refractivity contribution < 1.29 is 44.6 Å². The second-order valence-electron chi connectivity index (χ2n) is 8.81. The first-order valence-electron chi connectivity index (χ1n) is 12.2. The summed E-state index contributed by atoms with van der Waals surface area (Å²) < 4.78 is 124. The van der Waals surface area contributed by atoms with Gasteiger partial charge in [-0.05, 0) is 72.6 Å². The van der Waals surface area contributed by atoms with E-state index in [0.29, 0.717) is 48.3 Å². The summed E-state index contributed by atoms with van der Waals surface area (Å²) in [5.74, 6) is -4.57. The van der Waals surface area contributed by atoms with E-state index in [4.69, 9.17) is 4.74 Å². The van der Waals surface area contributed by atoms with Gasteiger partial charge in [0, 0.05) is 22.8 Å². The third-order valence-corrected chi connectivity index (χ3v) is 5.79. The standard InChI is InChI=1S/C31H20F8O2/c1-2-3-12-40-21-8-6-18(7-9-21)4-5-19-13-25(33)29(26(34)14-19)31(38,39)41-22-10-11-23(24(32)17-22)20-15-27(35)30(37)28(36)16-20/h6-11,13-17H,2-3,12H2,1H3. The lowest BCUT2D eigenvalue weighted by atomic mass is 10.0. The van der Waals surface area contributed by atoms with Gasteiger partial charge in [-0.3, -0.25) is 0 Å². The molecule has 41 heavy (non-hydrogen) atoms. The average molecular weight is 576 g/mol. The molecule has 4 aromatic carbocycles. The Balaban J connectivity index is 1.52. The molecule has 10 heteroatoms. The molecule has 0 unspecified atom stereocenters. The van der Waals surface area contributed by atoms with E-state index in [1.54, 1.807) is 24.3 Å². The number of rotatable bonds is 8. The molecule has 0 N–H and O–H groups in total. The fraction of sp³-hybridized carbons (Fsp3) is 0.161. The van der Waals surface area contributed by atoms with Crippen LogP contribution < -0.4 is 9.47 Å². The second kappa shape index (κ2) is 12.3. The Hall–Kier alpha value is -4.52. The highest BCUT2D eigenvalue weighted by Gasteiger charge is 2.41. The van der Waals surface area contributed by atoms with Crippen molar-refractivity contribution in [2.24, 2.45) is 0 Å². The summed E-state index contributed by atoms with van der Waals surface area (Å²) in [6.07, 6.45) is -2.72. The molecule has 0 heterocycles. The van der Waals surface area contributed by atoms with Gasteiger partial charge >= 0.3 is 6.11 Å². The van der Waals surface area contributed by atoms with Crippen LogP contribution >= 0.6 is 0 Å². The molecule has 0 atom stereocenters. The average Bonchev–Trinajstić information content (AvgIpc) is 2.90. The van der Waals surface area contributed by atoms with Crippen LogP contribution in [0.1, 0.15) is 36.5 Å². The highest BCUT2D eigenvalue weighted by atomic mass is 19.3. The highest BCUT2D eigenvalue weighted by molar-refractivity contribution is 5.65. The minimum Gasteiger partial charge on any atom is -0.494 e. The summed E-state index contributed by atoms with van der Waals surface area (Å²) in [4.78, 5) is 0. The summed E-state index contributed by atoms with van der Waals surface area (Å²) in [5, 5.41) is 0. The van der Waals surface area contributed by atoms with Crippen molar-refractivity contribution in [2.45, 2.75) is 25.9 Å². The lowest BCUT2D eigenvalue weighted by molar-refractivity contribution is -0.189. The zero-order valence-electron chi connectivity index (χ0n) is 21.3.